The fourth-order valence-corrected chi connectivity index (χ4v) is 3.52. The lowest BCUT2D eigenvalue weighted by Crippen LogP contribution is -2.30. The summed E-state index contributed by atoms with van der Waals surface area (Å²) in [6.07, 6.45) is -1.05. The summed E-state index contributed by atoms with van der Waals surface area (Å²) in [5.74, 6) is -1.55. The second-order valence-corrected chi connectivity index (χ2v) is 7.56. The molecule has 0 saturated carbocycles. The molecule has 0 aliphatic rings. The zero-order chi connectivity index (χ0) is 21.0. The number of thiophene rings is 1. The highest BCUT2D eigenvalue weighted by molar-refractivity contribution is 7.16. The van der Waals surface area contributed by atoms with E-state index in [9.17, 15) is 19.2 Å². The maximum Gasteiger partial charge on any atom is 0.342 e. The van der Waals surface area contributed by atoms with Crippen LogP contribution in [-0.2, 0) is 14.3 Å². The first-order chi connectivity index (χ1) is 13.1. The lowest BCUT2D eigenvalue weighted by atomic mass is 10.1. The number of benzene rings is 1. The Morgan fingerprint density at radius 2 is 1.61 bits per heavy atom. The summed E-state index contributed by atoms with van der Waals surface area (Å²) in [4.78, 5) is 48.4. The number of ether oxygens (including phenoxy) is 1. The highest BCUT2D eigenvalue weighted by atomic mass is 32.1. The van der Waals surface area contributed by atoms with Crippen LogP contribution < -0.4 is 10.6 Å². The van der Waals surface area contributed by atoms with Crippen LogP contribution in [0.2, 0.25) is 0 Å². The largest absolute Gasteiger partial charge is 0.449 e. The monoisotopic (exact) mass is 402 g/mol. The van der Waals surface area contributed by atoms with Crippen LogP contribution in [0.1, 0.15) is 51.9 Å². The Balaban J connectivity index is 2.08. The quantitative estimate of drug-likeness (QED) is 0.566. The molecular weight excluding hydrogens is 380 g/mol. The standard InChI is InChI=1S/C20H22N2O5S/c1-10-13(4)28-19(21-14(5)24)17(10)20(26)27-12(3)18(25)22-16-8-6-15(7-9-16)11(2)23/h6-9,12H,1-5H3,(H,21,24)(H,22,25)/t12-/m0/s1. The Bertz CT molecular complexity index is 931. The van der Waals surface area contributed by atoms with Crippen LogP contribution in [0.4, 0.5) is 10.7 Å². The van der Waals surface area contributed by atoms with Gasteiger partial charge in [0.2, 0.25) is 5.91 Å². The maximum atomic E-state index is 12.6. The zero-order valence-corrected chi connectivity index (χ0v) is 17.2. The molecule has 1 atom stereocenters. The van der Waals surface area contributed by atoms with Gasteiger partial charge in [-0.25, -0.2) is 4.79 Å². The molecule has 2 N–H and O–H groups in total. The minimum absolute atomic E-state index is 0.0726. The number of anilines is 2. The first-order valence-corrected chi connectivity index (χ1v) is 9.42. The number of carbonyl (C=O) groups excluding carboxylic acids is 4. The minimum atomic E-state index is -1.05. The van der Waals surface area contributed by atoms with Gasteiger partial charge in [-0.05, 0) is 57.5 Å². The molecule has 1 aromatic carbocycles. The molecular formula is C20H22N2O5S. The van der Waals surface area contributed by atoms with Crippen LogP contribution in [0.3, 0.4) is 0 Å². The number of Topliss-reactive ketones (excluding diaryl/α,β-unsaturated/α-hetero) is 1. The van der Waals surface area contributed by atoms with E-state index < -0.39 is 18.0 Å². The van der Waals surface area contributed by atoms with Gasteiger partial charge in [-0.15, -0.1) is 11.3 Å². The van der Waals surface area contributed by atoms with E-state index >= 15 is 0 Å². The number of amides is 2. The molecule has 0 unspecified atom stereocenters. The number of rotatable bonds is 6. The van der Waals surface area contributed by atoms with Crippen molar-refractivity contribution in [2.75, 3.05) is 10.6 Å². The van der Waals surface area contributed by atoms with Crippen LogP contribution in [0.15, 0.2) is 24.3 Å². The molecule has 2 rings (SSSR count). The SMILES string of the molecule is CC(=O)Nc1sc(C)c(C)c1C(=O)O[C@@H](C)C(=O)Nc1ccc(C(C)=O)cc1. The van der Waals surface area contributed by atoms with Crippen molar-refractivity contribution >= 4 is 45.6 Å². The van der Waals surface area contributed by atoms with Crippen molar-refractivity contribution in [1.29, 1.82) is 0 Å². The Morgan fingerprint density at radius 1 is 1.00 bits per heavy atom. The van der Waals surface area contributed by atoms with E-state index in [2.05, 4.69) is 10.6 Å². The molecule has 148 valence electrons. The van der Waals surface area contributed by atoms with E-state index in [1.54, 1.807) is 31.2 Å². The molecule has 0 radical (unpaired) electrons. The number of carbonyl (C=O) groups is 4. The fourth-order valence-electron chi connectivity index (χ4n) is 2.43. The second kappa shape index (κ2) is 8.79. The maximum absolute atomic E-state index is 12.6. The Kier molecular flexibility index (Phi) is 6.69. The van der Waals surface area contributed by atoms with E-state index in [-0.39, 0.29) is 17.3 Å². The molecule has 0 aliphatic heterocycles. The average Bonchev–Trinajstić information content (AvgIpc) is 2.88. The molecule has 0 aliphatic carbocycles. The van der Waals surface area contributed by atoms with Crippen LogP contribution in [0, 0.1) is 13.8 Å². The number of aryl methyl sites for hydroxylation is 1. The predicted molar refractivity (Wildman–Crippen MR) is 108 cm³/mol. The van der Waals surface area contributed by atoms with Crippen molar-refractivity contribution in [3.8, 4) is 0 Å². The first-order valence-electron chi connectivity index (χ1n) is 8.60. The van der Waals surface area contributed by atoms with Gasteiger partial charge in [0.25, 0.3) is 5.91 Å². The third kappa shape index (κ3) is 5.04. The van der Waals surface area contributed by atoms with Crippen molar-refractivity contribution < 1.29 is 23.9 Å². The Hall–Kier alpha value is -3.00. The Labute approximate surface area is 167 Å². The summed E-state index contributed by atoms with van der Waals surface area (Å²) in [6, 6.07) is 6.41. The van der Waals surface area contributed by atoms with E-state index in [4.69, 9.17) is 4.74 Å². The van der Waals surface area contributed by atoms with Crippen molar-refractivity contribution in [2.45, 2.75) is 40.7 Å². The van der Waals surface area contributed by atoms with Crippen molar-refractivity contribution in [3.05, 3.63) is 45.8 Å². The van der Waals surface area contributed by atoms with Crippen LogP contribution in [-0.4, -0.2) is 29.7 Å². The van der Waals surface area contributed by atoms with Gasteiger partial charge in [0.15, 0.2) is 11.9 Å². The zero-order valence-electron chi connectivity index (χ0n) is 16.3. The van der Waals surface area contributed by atoms with Gasteiger partial charge < -0.3 is 15.4 Å². The van der Waals surface area contributed by atoms with Crippen molar-refractivity contribution in [1.82, 2.24) is 0 Å². The van der Waals surface area contributed by atoms with Crippen molar-refractivity contribution in [2.24, 2.45) is 0 Å². The average molecular weight is 402 g/mol. The normalized spacial score (nSPS) is 11.5. The van der Waals surface area contributed by atoms with Gasteiger partial charge in [0.05, 0.1) is 5.56 Å². The predicted octanol–water partition coefficient (Wildman–Crippen LogP) is 3.71. The van der Waals surface area contributed by atoms with Crippen LogP contribution >= 0.6 is 11.3 Å². The molecule has 1 heterocycles. The highest BCUT2D eigenvalue weighted by Crippen LogP contribution is 2.33. The molecule has 2 aromatic rings. The molecule has 2 amide bonds. The van der Waals surface area contributed by atoms with Gasteiger partial charge in [-0.3, -0.25) is 14.4 Å². The van der Waals surface area contributed by atoms with E-state index in [1.165, 1.54) is 32.1 Å². The summed E-state index contributed by atoms with van der Waals surface area (Å²) in [5.41, 5.74) is 1.97. The topological polar surface area (TPSA) is 102 Å². The van der Waals surface area contributed by atoms with E-state index in [0.29, 0.717) is 21.8 Å². The van der Waals surface area contributed by atoms with Crippen LogP contribution in [0.5, 0.6) is 0 Å². The van der Waals surface area contributed by atoms with E-state index in [0.717, 1.165) is 4.88 Å². The summed E-state index contributed by atoms with van der Waals surface area (Å²) in [5, 5.41) is 5.66. The third-order valence-corrected chi connectivity index (χ3v) is 5.21. The number of nitrogens with one attached hydrogen (secondary N) is 2. The van der Waals surface area contributed by atoms with Gasteiger partial charge in [0.1, 0.15) is 5.00 Å². The highest BCUT2D eigenvalue weighted by Gasteiger charge is 2.25. The van der Waals surface area contributed by atoms with Gasteiger partial charge in [-0.1, -0.05) is 0 Å². The van der Waals surface area contributed by atoms with Crippen LogP contribution in [0.25, 0.3) is 0 Å². The lowest BCUT2D eigenvalue weighted by molar-refractivity contribution is -0.123. The Morgan fingerprint density at radius 3 is 2.14 bits per heavy atom. The lowest BCUT2D eigenvalue weighted by Gasteiger charge is -2.14. The minimum Gasteiger partial charge on any atom is -0.449 e. The van der Waals surface area contributed by atoms with E-state index in [1.807, 2.05) is 6.92 Å². The summed E-state index contributed by atoms with van der Waals surface area (Å²) in [7, 11) is 0. The molecule has 8 heteroatoms. The number of hydrogen-bond acceptors (Lipinski definition) is 6. The smallest absolute Gasteiger partial charge is 0.342 e. The molecule has 1 aromatic heterocycles. The molecule has 0 saturated heterocycles. The van der Waals surface area contributed by atoms with Gasteiger partial charge in [-0.2, -0.15) is 0 Å². The summed E-state index contributed by atoms with van der Waals surface area (Å²) in [6.45, 7) is 7.87. The second-order valence-electron chi connectivity index (χ2n) is 6.34. The number of esters is 1. The molecule has 7 nitrogen and oxygen atoms in total. The molecule has 0 fully saturated rings. The van der Waals surface area contributed by atoms with Crippen molar-refractivity contribution in [3.63, 3.8) is 0 Å². The van der Waals surface area contributed by atoms with Gasteiger partial charge in [0, 0.05) is 23.1 Å². The third-order valence-electron chi connectivity index (χ3n) is 4.09. The number of hydrogen-bond donors (Lipinski definition) is 2. The summed E-state index contributed by atoms with van der Waals surface area (Å²) >= 11 is 1.28. The van der Waals surface area contributed by atoms with Gasteiger partial charge >= 0.3 is 5.97 Å². The fraction of sp³-hybridized carbons (Fsp3) is 0.300. The first kappa shape index (κ1) is 21.3. The summed E-state index contributed by atoms with van der Waals surface area (Å²) < 4.78 is 5.30. The molecule has 0 bridgehead atoms. The molecule has 0 spiro atoms. The molecule has 28 heavy (non-hydrogen) atoms. The number of ketones is 1.